The van der Waals surface area contributed by atoms with Gasteiger partial charge in [0.15, 0.2) is 0 Å². The third-order valence-electron chi connectivity index (χ3n) is 6.45. The molecule has 1 N–H and O–H groups in total. The predicted molar refractivity (Wildman–Crippen MR) is 129 cm³/mol. The highest BCUT2D eigenvalue weighted by Gasteiger charge is 2.90. The molecule has 0 saturated carbocycles. The Balaban J connectivity index is 4.76. The zero-order valence-electron chi connectivity index (χ0n) is 23.3. The molecule has 0 saturated heterocycles. The lowest BCUT2D eigenvalue weighted by Crippen LogP contribution is -2.70. The first-order chi connectivity index (χ1) is 19.4. The van der Waals surface area contributed by atoms with Gasteiger partial charge in [-0.3, -0.25) is 4.55 Å². The zero-order chi connectivity index (χ0) is 33.8. The minimum absolute atomic E-state index is 0.0794. The summed E-state index contributed by atoms with van der Waals surface area (Å²) in [5.74, 6) is -37.3. The first-order valence-electron chi connectivity index (χ1n) is 13.5. The summed E-state index contributed by atoms with van der Waals surface area (Å²) >= 11 is 0. The van der Waals surface area contributed by atoms with Crippen molar-refractivity contribution in [3.63, 3.8) is 0 Å². The molecule has 0 aliphatic heterocycles. The minimum atomic E-state index is -7.97. The minimum Gasteiger partial charge on any atom is -0.380 e. The fourth-order valence-corrected chi connectivity index (χ4v) is 4.23. The highest BCUT2D eigenvalue weighted by molar-refractivity contribution is 7.86. The summed E-state index contributed by atoms with van der Waals surface area (Å²) in [6.07, 6.45) is -1.27. The van der Waals surface area contributed by atoms with E-state index in [9.17, 15) is 70.0 Å². The molecule has 0 radical (unpaired) electrons. The molecule has 5 nitrogen and oxygen atoms in total. The highest BCUT2D eigenvalue weighted by Crippen LogP contribution is 2.60. The van der Waals surface area contributed by atoms with E-state index >= 15 is 0 Å². The highest BCUT2D eigenvalue weighted by atomic mass is 32.2. The molecule has 0 bridgehead atoms. The Hall–Kier alpha value is -1.08. The van der Waals surface area contributed by atoms with Crippen LogP contribution in [-0.2, 0) is 19.6 Å². The van der Waals surface area contributed by atoms with Crippen LogP contribution in [0.5, 0.6) is 0 Å². The van der Waals surface area contributed by atoms with Crippen molar-refractivity contribution < 1.29 is 79.5 Å². The van der Waals surface area contributed by atoms with E-state index < -0.39 is 83.8 Å². The summed E-state index contributed by atoms with van der Waals surface area (Å²) in [5.41, 5.74) is 0. The van der Waals surface area contributed by atoms with Crippen LogP contribution in [0.4, 0.5) is 57.1 Å². The van der Waals surface area contributed by atoms with Gasteiger partial charge in [0.2, 0.25) is 0 Å². The van der Waals surface area contributed by atoms with Crippen molar-refractivity contribution in [1.82, 2.24) is 0 Å². The Morgan fingerprint density at radius 1 is 0.558 bits per heavy atom. The van der Waals surface area contributed by atoms with E-state index in [1.165, 1.54) is 12.8 Å². The third kappa shape index (κ3) is 11.7. The molecule has 260 valence electrons. The van der Waals surface area contributed by atoms with Crippen LogP contribution in [0.2, 0.25) is 0 Å². The summed E-state index contributed by atoms with van der Waals surface area (Å²) in [7, 11) is -4.84. The van der Waals surface area contributed by atoms with Gasteiger partial charge in [-0.05, 0) is 12.8 Å². The second-order valence-electron chi connectivity index (χ2n) is 10.1. The molecule has 0 heterocycles. The van der Waals surface area contributed by atoms with Gasteiger partial charge in [-0.15, -0.1) is 0 Å². The van der Waals surface area contributed by atoms with Crippen LogP contribution in [0, 0.1) is 0 Å². The van der Waals surface area contributed by atoms with E-state index in [-0.39, 0.29) is 6.61 Å². The molecule has 19 heteroatoms. The third-order valence-corrected chi connectivity index (χ3v) is 7.56. The monoisotopic (exact) mass is 684 g/mol. The topological polar surface area (TPSA) is 72.8 Å². The van der Waals surface area contributed by atoms with Gasteiger partial charge in [-0.25, -0.2) is 0 Å². The molecule has 0 aromatic heterocycles. The van der Waals surface area contributed by atoms with Crippen LogP contribution in [0.25, 0.3) is 0 Å². The van der Waals surface area contributed by atoms with Crippen molar-refractivity contribution in [2.45, 2.75) is 125 Å². The van der Waals surface area contributed by atoms with Crippen molar-refractivity contribution in [2.75, 3.05) is 26.4 Å². The summed E-state index contributed by atoms with van der Waals surface area (Å²) < 4.78 is 212. The van der Waals surface area contributed by atoms with Crippen LogP contribution in [0.3, 0.4) is 0 Å². The number of unbranched alkanes of at least 4 members (excludes halogenated alkanes) is 9. The van der Waals surface area contributed by atoms with Crippen LogP contribution in [0.15, 0.2) is 0 Å². The molecule has 1 unspecified atom stereocenters. The molecule has 43 heavy (non-hydrogen) atoms. The van der Waals surface area contributed by atoms with E-state index in [0.717, 1.165) is 44.9 Å². The average molecular weight is 685 g/mol. The van der Waals surface area contributed by atoms with Crippen molar-refractivity contribution in [1.29, 1.82) is 0 Å². The van der Waals surface area contributed by atoms with Gasteiger partial charge in [0, 0.05) is 19.6 Å². The molecule has 0 aromatic rings. The van der Waals surface area contributed by atoms with Gasteiger partial charge in [0.25, 0.3) is 10.1 Å². The molecule has 0 rings (SSSR count). The molecule has 0 spiro atoms. The maximum absolute atomic E-state index is 13.8. The lowest BCUT2D eigenvalue weighted by atomic mass is 9.92. The second kappa shape index (κ2) is 17.0. The first-order valence-corrected chi connectivity index (χ1v) is 15.0. The predicted octanol–water partition coefficient (Wildman–Crippen LogP) is 8.72. The lowest BCUT2D eigenvalue weighted by Gasteiger charge is -2.39. The van der Waals surface area contributed by atoms with Crippen LogP contribution in [-0.4, -0.2) is 80.4 Å². The molecule has 0 aliphatic rings. The molecular formula is C24H37F13O5S. The zero-order valence-corrected chi connectivity index (χ0v) is 24.1. The van der Waals surface area contributed by atoms with Crippen LogP contribution >= 0.6 is 0 Å². The van der Waals surface area contributed by atoms with Crippen molar-refractivity contribution in [2.24, 2.45) is 0 Å². The Morgan fingerprint density at radius 3 is 1.33 bits per heavy atom. The summed E-state index contributed by atoms with van der Waals surface area (Å²) in [5, 5.41) is -1.79. The van der Waals surface area contributed by atoms with Crippen molar-refractivity contribution >= 4 is 10.1 Å². The van der Waals surface area contributed by atoms with Gasteiger partial charge in [-0.2, -0.15) is 65.5 Å². The molecule has 0 aliphatic carbocycles. The number of rotatable bonds is 24. The SMILES string of the molecule is CCCCCCCCCCCCOCC(COCCCC(F)(F)C(F)(F)C(F)(F)C(F)(F)C(F)(F)C(F)(F)F)S(=O)(=O)O. The van der Waals surface area contributed by atoms with Crippen LogP contribution in [0.1, 0.15) is 84.0 Å². The number of ether oxygens (including phenoxy) is 2. The van der Waals surface area contributed by atoms with E-state index in [2.05, 4.69) is 11.7 Å². The fourth-order valence-electron chi connectivity index (χ4n) is 3.70. The van der Waals surface area contributed by atoms with E-state index in [1.54, 1.807) is 0 Å². The van der Waals surface area contributed by atoms with Crippen LogP contribution < -0.4 is 0 Å². The quantitative estimate of drug-likeness (QED) is 0.0626. The normalized spacial score (nSPS) is 15.2. The summed E-state index contributed by atoms with van der Waals surface area (Å²) in [6, 6.07) is 0. The maximum Gasteiger partial charge on any atom is 0.460 e. The van der Waals surface area contributed by atoms with Crippen molar-refractivity contribution in [3.8, 4) is 0 Å². The van der Waals surface area contributed by atoms with Gasteiger partial charge < -0.3 is 9.47 Å². The Bertz CT molecular complexity index is 897. The average Bonchev–Trinajstić information content (AvgIpc) is 2.85. The smallest absolute Gasteiger partial charge is 0.380 e. The molecule has 0 aromatic carbocycles. The van der Waals surface area contributed by atoms with Gasteiger partial charge in [0.1, 0.15) is 5.25 Å². The number of alkyl halides is 13. The summed E-state index contributed by atoms with van der Waals surface area (Å²) in [6.45, 7) is -0.528. The number of halogens is 13. The van der Waals surface area contributed by atoms with E-state index in [0.29, 0.717) is 6.42 Å². The van der Waals surface area contributed by atoms with Gasteiger partial charge in [0.05, 0.1) is 13.2 Å². The lowest BCUT2D eigenvalue weighted by molar-refractivity contribution is -0.440. The van der Waals surface area contributed by atoms with E-state index in [1.807, 2.05) is 0 Å². The van der Waals surface area contributed by atoms with Crippen molar-refractivity contribution in [3.05, 3.63) is 0 Å². The number of hydrogen-bond acceptors (Lipinski definition) is 4. The standard InChI is InChI=1S/C24H37F13O5S/c1-2-3-4-5-6-7-8-9-10-11-14-41-16-18(43(38,39)40)17-42-15-12-13-19(25,26)20(27,28)21(29,30)22(31,32)23(33,34)24(35,36)37/h18H,2-17H2,1H3,(H,38,39,40). The number of hydrogen-bond donors (Lipinski definition) is 1. The fraction of sp³-hybridized carbons (Fsp3) is 1.00. The second-order valence-corrected chi connectivity index (χ2v) is 11.8. The Morgan fingerprint density at radius 2 is 0.930 bits per heavy atom. The van der Waals surface area contributed by atoms with Gasteiger partial charge >= 0.3 is 35.8 Å². The molecule has 0 fully saturated rings. The summed E-state index contributed by atoms with van der Waals surface area (Å²) in [4.78, 5) is 0. The molecule has 0 amide bonds. The molecular weight excluding hydrogens is 647 g/mol. The van der Waals surface area contributed by atoms with E-state index in [4.69, 9.17) is 4.74 Å². The first kappa shape index (κ1) is 41.9. The largest absolute Gasteiger partial charge is 0.460 e. The van der Waals surface area contributed by atoms with Gasteiger partial charge in [-0.1, -0.05) is 64.7 Å². The molecule has 1 atom stereocenters. The maximum atomic E-state index is 13.8. The Labute approximate surface area is 241 Å². The Kier molecular flexibility index (Phi) is 16.6.